The Bertz CT molecular complexity index is 598. The Balaban J connectivity index is 2.06. The van der Waals surface area contributed by atoms with Gasteiger partial charge in [-0.1, -0.05) is 27.7 Å². The summed E-state index contributed by atoms with van der Waals surface area (Å²) >= 11 is 5.28. The Hall–Kier alpha value is -1.17. The van der Waals surface area contributed by atoms with E-state index in [9.17, 15) is 4.79 Å². The van der Waals surface area contributed by atoms with E-state index >= 15 is 0 Å². The van der Waals surface area contributed by atoms with Gasteiger partial charge in [0.05, 0.1) is 0 Å². The predicted octanol–water partition coefficient (Wildman–Crippen LogP) is 3.74. The molecule has 1 amide bonds. The molecule has 1 aromatic heterocycles. The van der Waals surface area contributed by atoms with Crippen molar-refractivity contribution in [3.05, 3.63) is 10.6 Å². The molecule has 2 rings (SSSR count). The summed E-state index contributed by atoms with van der Waals surface area (Å²) in [5.74, 6) is 1.93. The number of hydrogen-bond acceptors (Lipinski definition) is 3. The molecular formula is C17H30N4OS. The molecule has 1 N–H and O–H groups in total. The van der Waals surface area contributed by atoms with Gasteiger partial charge >= 0.3 is 0 Å². The summed E-state index contributed by atoms with van der Waals surface area (Å²) < 4.78 is 2.72. The predicted molar refractivity (Wildman–Crippen MR) is 94.9 cm³/mol. The van der Waals surface area contributed by atoms with Crippen LogP contribution in [0.1, 0.15) is 65.6 Å². The van der Waals surface area contributed by atoms with E-state index in [0.29, 0.717) is 17.1 Å². The van der Waals surface area contributed by atoms with Crippen molar-refractivity contribution in [2.24, 2.45) is 11.3 Å². The van der Waals surface area contributed by atoms with Crippen LogP contribution < -0.4 is 0 Å². The van der Waals surface area contributed by atoms with Crippen molar-refractivity contribution in [3.8, 4) is 0 Å². The summed E-state index contributed by atoms with van der Waals surface area (Å²) in [7, 11) is 0. The molecule has 2 heterocycles. The summed E-state index contributed by atoms with van der Waals surface area (Å²) in [6.07, 6.45) is 2.72. The quantitative estimate of drug-likeness (QED) is 0.851. The number of hydrogen-bond donors (Lipinski definition) is 1. The van der Waals surface area contributed by atoms with Crippen LogP contribution in [0, 0.1) is 16.1 Å². The van der Waals surface area contributed by atoms with Gasteiger partial charge in [-0.3, -0.25) is 9.89 Å². The van der Waals surface area contributed by atoms with Gasteiger partial charge in [-0.05, 0) is 43.3 Å². The fourth-order valence-corrected chi connectivity index (χ4v) is 3.33. The van der Waals surface area contributed by atoms with Crippen LogP contribution >= 0.6 is 12.2 Å². The molecule has 130 valence electrons. The standard InChI is InChI=1S/C17H30N4OS/c1-6-21-15(18-19-16(21)23)13-8-7-9-20(11-13)14(22)10-12(2)17(3,4)5/h12-13H,6-11H2,1-5H3,(H,19,23). The highest BCUT2D eigenvalue weighted by Crippen LogP contribution is 2.30. The van der Waals surface area contributed by atoms with Gasteiger partial charge in [0.25, 0.3) is 0 Å². The molecule has 0 bridgehead atoms. The number of carbonyl (C=O) groups excluding carboxylic acids is 1. The van der Waals surface area contributed by atoms with Crippen LogP contribution in [-0.2, 0) is 11.3 Å². The van der Waals surface area contributed by atoms with Crippen LogP contribution in [0.15, 0.2) is 0 Å². The molecule has 0 aliphatic carbocycles. The minimum atomic E-state index is 0.162. The minimum Gasteiger partial charge on any atom is -0.342 e. The molecule has 6 heteroatoms. The Morgan fingerprint density at radius 1 is 1.48 bits per heavy atom. The number of rotatable bonds is 4. The number of piperidine rings is 1. The van der Waals surface area contributed by atoms with E-state index in [1.165, 1.54) is 0 Å². The lowest BCUT2D eigenvalue weighted by Crippen LogP contribution is -2.41. The van der Waals surface area contributed by atoms with Gasteiger partial charge in [-0.15, -0.1) is 0 Å². The number of H-pyrrole nitrogens is 1. The lowest BCUT2D eigenvalue weighted by atomic mass is 9.80. The van der Waals surface area contributed by atoms with E-state index < -0.39 is 0 Å². The summed E-state index contributed by atoms with van der Waals surface area (Å²) in [5, 5.41) is 7.31. The lowest BCUT2D eigenvalue weighted by molar-refractivity contribution is -0.134. The monoisotopic (exact) mass is 338 g/mol. The molecule has 23 heavy (non-hydrogen) atoms. The van der Waals surface area contributed by atoms with Crippen molar-refractivity contribution in [3.63, 3.8) is 0 Å². The summed E-state index contributed by atoms with van der Waals surface area (Å²) in [6.45, 7) is 13.3. The fourth-order valence-electron chi connectivity index (χ4n) is 3.06. The van der Waals surface area contributed by atoms with Crippen molar-refractivity contribution < 1.29 is 4.79 Å². The second kappa shape index (κ2) is 7.16. The van der Waals surface area contributed by atoms with Gasteiger partial charge in [-0.25, -0.2) is 0 Å². The topological polar surface area (TPSA) is 53.9 Å². The van der Waals surface area contributed by atoms with Gasteiger partial charge in [0.2, 0.25) is 5.91 Å². The van der Waals surface area contributed by atoms with E-state index in [2.05, 4.69) is 44.8 Å². The van der Waals surface area contributed by atoms with Crippen LogP contribution in [-0.4, -0.2) is 38.7 Å². The van der Waals surface area contributed by atoms with Crippen LogP contribution in [0.25, 0.3) is 0 Å². The van der Waals surface area contributed by atoms with Gasteiger partial charge in [0.1, 0.15) is 5.82 Å². The number of aromatic amines is 1. The first-order valence-corrected chi connectivity index (χ1v) is 9.07. The Kier molecular flexibility index (Phi) is 5.65. The van der Waals surface area contributed by atoms with Gasteiger partial charge < -0.3 is 9.47 Å². The second-order valence-corrected chi connectivity index (χ2v) is 8.17. The fraction of sp³-hybridized carbons (Fsp3) is 0.824. The van der Waals surface area contributed by atoms with E-state index in [1.54, 1.807) is 0 Å². The second-order valence-electron chi connectivity index (χ2n) is 7.78. The molecule has 0 spiro atoms. The molecule has 1 aliphatic heterocycles. The van der Waals surface area contributed by atoms with Crippen molar-refractivity contribution in [1.82, 2.24) is 19.7 Å². The molecule has 0 saturated carbocycles. The number of nitrogens with one attached hydrogen (secondary N) is 1. The number of likely N-dealkylation sites (tertiary alicyclic amines) is 1. The van der Waals surface area contributed by atoms with Crippen molar-refractivity contribution in [2.75, 3.05) is 13.1 Å². The maximum atomic E-state index is 12.7. The summed E-state index contributed by atoms with van der Waals surface area (Å²) in [4.78, 5) is 14.7. The van der Waals surface area contributed by atoms with Gasteiger partial charge in [0, 0.05) is 32.0 Å². The van der Waals surface area contributed by atoms with Gasteiger partial charge in [-0.2, -0.15) is 5.10 Å². The molecule has 2 unspecified atom stereocenters. The van der Waals surface area contributed by atoms with Crippen molar-refractivity contribution >= 4 is 18.1 Å². The molecule has 1 saturated heterocycles. The van der Waals surface area contributed by atoms with Crippen LogP contribution in [0.4, 0.5) is 0 Å². The average molecular weight is 339 g/mol. The lowest BCUT2D eigenvalue weighted by Gasteiger charge is -2.35. The van der Waals surface area contributed by atoms with Crippen LogP contribution in [0.2, 0.25) is 0 Å². The SMILES string of the molecule is CCn1c(C2CCCN(C(=O)CC(C)C(C)(C)C)C2)n[nH]c1=S. The number of carbonyl (C=O) groups is 1. The Labute approximate surface area is 144 Å². The van der Waals surface area contributed by atoms with E-state index in [4.69, 9.17) is 12.2 Å². The van der Waals surface area contributed by atoms with Crippen molar-refractivity contribution in [2.45, 2.75) is 66.3 Å². The highest BCUT2D eigenvalue weighted by atomic mass is 32.1. The number of aromatic nitrogens is 3. The zero-order valence-corrected chi connectivity index (χ0v) is 15.9. The highest BCUT2D eigenvalue weighted by molar-refractivity contribution is 7.71. The van der Waals surface area contributed by atoms with E-state index in [1.807, 2.05) is 9.47 Å². The number of amides is 1. The maximum absolute atomic E-state index is 12.7. The molecule has 0 radical (unpaired) electrons. The van der Waals surface area contributed by atoms with E-state index in [0.717, 1.165) is 38.3 Å². The number of nitrogens with zero attached hydrogens (tertiary/aromatic N) is 3. The smallest absolute Gasteiger partial charge is 0.222 e. The zero-order valence-electron chi connectivity index (χ0n) is 15.1. The molecule has 1 fully saturated rings. The third-order valence-corrected chi connectivity index (χ3v) is 5.51. The molecule has 2 atom stereocenters. The van der Waals surface area contributed by atoms with Crippen LogP contribution in [0.3, 0.4) is 0 Å². The summed E-state index contributed by atoms with van der Waals surface area (Å²) in [5.41, 5.74) is 0.162. The Morgan fingerprint density at radius 2 is 2.17 bits per heavy atom. The first-order chi connectivity index (χ1) is 10.7. The van der Waals surface area contributed by atoms with Gasteiger partial charge in [0.15, 0.2) is 4.77 Å². The molecular weight excluding hydrogens is 308 g/mol. The largest absolute Gasteiger partial charge is 0.342 e. The molecule has 1 aliphatic rings. The third-order valence-electron chi connectivity index (χ3n) is 5.20. The molecule has 0 aromatic carbocycles. The highest BCUT2D eigenvalue weighted by Gasteiger charge is 2.30. The maximum Gasteiger partial charge on any atom is 0.222 e. The average Bonchev–Trinajstić information content (AvgIpc) is 2.87. The first kappa shape index (κ1) is 18.2. The van der Waals surface area contributed by atoms with Crippen molar-refractivity contribution in [1.29, 1.82) is 0 Å². The zero-order chi connectivity index (χ0) is 17.2. The first-order valence-electron chi connectivity index (χ1n) is 8.67. The van der Waals surface area contributed by atoms with E-state index in [-0.39, 0.29) is 17.2 Å². The molecule has 5 nitrogen and oxygen atoms in total. The summed E-state index contributed by atoms with van der Waals surface area (Å²) in [6, 6.07) is 0. The molecule has 1 aromatic rings. The Morgan fingerprint density at radius 3 is 2.78 bits per heavy atom. The normalized spacial score (nSPS) is 20.6. The third kappa shape index (κ3) is 4.22. The minimum absolute atomic E-state index is 0.162. The van der Waals surface area contributed by atoms with Crippen LogP contribution in [0.5, 0.6) is 0 Å².